The van der Waals surface area contributed by atoms with Crippen LogP contribution in [0.4, 0.5) is 32.0 Å². The van der Waals surface area contributed by atoms with E-state index in [1.165, 1.54) is 30.9 Å². The Morgan fingerprint density at radius 2 is 1.82 bits per heavy atom. The first kappa shape index (κ1) is 29.8. The molecule has 0 radical (unpaired) electrons. The second-order valence-electron chi connectivity index (χ2n) is 8.98. The van der Waals surface area contributed by atoms with Gasteiger partial charge in [-0.15, -0.1) is 11.3 Å². The first-order valence-electron chi connectivity index (χ1n) is 11.4. The molecule has 218 valence electrons. The summed E-state index contributed by atoms with van der Waals surface area (Å²) < 4.78 is 114. The average molecular weight is 614 g/mol. The van der Waals surface area contributed by atoms with Gasteiger partial charge < -0.3 is 20.3 Å². The van der Waals surface area contributed by atoms with Gasteiger partial charge in [0.1, 0.15) is 4.21 Å². The number of anilines is 1. The van der Waals surface area contributed by atoms with Crippen LogP contribution in [0.15, 0.2) is 39.1 Å². The number of hydrogen-bond acceptors (Lipinski definition) is 9. The van der Waals surface area contributed by atoms with E-state index >= 15 is 0 Å². The molecule has 1 aliphatic rings. The number of rotatable bonds is 6. The molecule has 1 saturated heterocycles. The molecule has 3 aromatic rings. The molecule has 0 unspecified atom stereocenters. The number of carbonyl (C=O) groups is 1. The van der Waals surface area contributed by atoms with Gasteiger partial charge in [-0.05, 0) is 44.2 Å². The van der Waals surface area contributed by atoms with Crippen molar-refractivity contribution in [1.29, 1.82) is 0 Å². The normalized spacial score (nSPS) is 19.0. The van der Waals surface area contributed by atoms with Crippen molar-refractivity contribution < 1.29 is 49.2 Å². The highest BCUT2D eigenvalue weighted by Gasteiger charge is 2.61. The number of aromatic nitrogens is 2. The fraction of sp³-hybridized carbons (Fsp3) is 0.409. The minimum absolute atomic E-state index is 0.0191. The van der Waals surface area contributed by atoms with Crippen molar-refractivity contribution >= 4 is 33.0 Å². The van der Waals surface area contributed by atoms with Crippen molar-refractivity contribution in [2.75, 3.05) is 24.5 Å². The van der Waals surface area contributed by atoms with Crippen LogP contribution in [-0.4, -0.2) is 65.7 Å². The largest absolute Gasteiger partial charge is 0.431 e. The van der Waals surface area contributed by atoms with Crippen LogP contribution in [0.25, 0.3) is 11.5 Å². The molecule has 0 aliphatic carbocycles. The van der Waals surface area contributed by atoms with Crippen molar-refractivity contribution in [1.82, 2.24) is 14.4 Å². The lowest BCUT2D eigenvalue weighted by molar-refractivity contribution is -0.254. The number of piperazine rings is 1. The number of benzene rings is 1. The van der Waals surface area contributed by atoms with E-state index in [-0.39, 0.29) is 53.9 Å². The van der Waals surface area contributed by atoms with E-state index in [9.17, 15) is 44.7 Å². The van der Waals surface area contributed by atoms with E-state index in [1.54, 1.807) is 0 Å². The fourth-order valence-corrected chi connectivity index (χ4v) is 7.44. The molecule has 40 heavy (non-hydrogen) atoms. The van der Waals surface area contributed by atoms with Crippen molar-refractivity contribution in [2.45, 2.75) is 42.1 Å². The number of carbonyl (C=O) groups excluding carboxylic acids is 1. The van der Waals surface area contributed by atoms with Crippen molar-refractivity contribution in [3.05, 3.63) is 46.6 Å². The Bertz CT molecular complexity index is 1540. The molecule has 0 bridgehead atoms. The summed E-state index contributed by atoms with van der Waals surface area (Å²) in [4.78, 5) is 15.7. The molecule has 18 heteroatoms. The number of amides is 1. The summed E-state index contributed by atoms with van der Waals surface area (Å²) in [6, 6.07) is 3.94. The van der Waals surface area contributed by atoms with Gasteiger partial charge in [0.15, 0.2) is 5.82 Å². The summed E-state index contributed by atoms with van der Waals surface area (Å²) in [5.41, 5.74) is -0.521. The topological polar surface area (TPSA) is 143 Å². The Morgan fingerprint density at radius 1 is 1.15 bits per heavy atom. The molecule has 1 aliphatic heterocycles. The van der Waals surface area contributed by atoms with Crippen molar-refractivity contribution in [2.24, 2.45) is 5.73 Å². The maximum absolute atomic E-state index is 14.0. The van der Waals surface area contributed by atoms with E-state index in [0.717, 1.165) is 16.4 Å². The lowest BCUT2D eigenvalue weighted by Crippen LogP contribution is -2.54. The third kappa shape index (κ3) is 5.15. The van der Waals surface area contributed by atoms with Gasteiger partial charge in [0.25, 0.3) is 27.4 Å². The summed E-state index contributed by atoms with van der Waals surface area (Å²) in [7, 11) is -4.46. The zero-order chi connectivity index (χ0) is 29.8. The summed E-state index contributed by atoms with van der Waals surface area (Å²) in [6.07, 6.45) is -10.3. The van der Waals surface area contributed by atoms with E-state index in [0.29, 0.717) is 6.07 Å². The maximum Gasteiger partial charge on any atom is 0.431 e. The van der Waals surface area contributed by atoms with Crippen LogP contribution in [0.1, 0.15) is 23.2 Å². The number of nitrogens with zero attached hydrogens (tertiary/aromatic N) is 4. The monoisotopic (exact) mass is 613 g/mol. The molecular weight excluding hydrogens is 592 g/mol. The van der Waals surface area contributed by atoms with Crippen LogP contribution in [0.2, 0.25) is 0 Å². The molecule has 2 aromatic heterocycles. The van der Waals surface area contributed by atoms with Gasteiger partial charge in [-0.3, -0.25) is 4.79 Å². The van der Waals surface area contributed by atoms with Crippen LogP contribution >= 0.6 is 11.3 Å². The molecule has 0 saturated carbocycles. The van der Waals surface area contributed by atoms with Gasteiger partial charge in [0.2, 0.25) is 0 Å². The maximum atomic E-state index is 14.0. The molecule has 3 N–H and O–H groups in total. The number of halogens is 6. The van der Waals surface area contributed by atoms with E-state index in [2.05, 4.69) is 10.1 Å². The smallest absolute Gasteiger partial charge is 0.368 e. The number of sulfonamides is 1. The van der Waals surface area contributed by atoms with E-state index in [1.807, 2.05) is 0 Å². The Balaban J connectivity index is 1.61. The highest BCUT2D eigenvalue weighted by molar-refractivity contribution is 7.91. The zero-order valence-corrected chi connectivity index (χ0v) is 22.2. The quantitative estimate of drug-likeness (QED) is 0.404. The van der Waals surface area contributed by atoms with Gasteiger partial charge in [0.05, 0.1) is 10.4 Å². The van der Waals surface area contributed by atoms with E-state index in [4.69, 9.17) is 10.3 Å². The molecule has 3 heterocycles. The third-order valence-corrected chi connectivity index (χ3v) is 9.93. The Labute approximate surface area is 227 Å². The number of alkyl halides is 6. The van der Waals surface area contributed by atoms with Gasteiger partial charge in [-0.1, -0.05) is 5.16 Å². The average Bonchev–Trinajstić information content (AvgIpc) is 3.52. The van der Waals surface area contributed by atoms with Crippen molar-refractivity contribution in [3.63, 3.8) is 0 Å². The summed E-state index contributed by atoms with van der Waals surface area (Å²) in [5, 5.41) is 13.5. The minimum Gasteiger partial charge on any atom is -0.368 e. The van der Waals surface area contributed by atoms with Crippen LogP contribution in [0, 0.1) is 6.92 Å². The van der Waals surface area contributed by atoms with Gasteiger partial charge >= 0.3 is 12.4 Å². The lowest BCUT2D eigenvalue weighted by Gasteiger charge is -2.40. The Hall–Kier alpha value is -3.22. The van der Waals surface area contributed by atoms with Gasteiger partial charge in [0, 0.05) is 36.9 Å². The summed E-state index contributed by atoms with van der Waals surface area (Å²) in [6.45, 7) is 2.26. The number of thiophene rings is 1. The number of hydrogen-bond donors (Lipinski definition) is 2. The third-order valence-electron chi connectivity index (χ3n) is 6.25. The summed E-state index contributed by atoms with van der Waals surface area (Å²) in [5.74, 6) is -2.01. The minimum atomic E-state index is -5.52. The molecule has 0 spiro atoms. The van der Waals surface area contributed by atoms with Gasteiger partial charge in [-0.25, -0.2) is 8.42 Å². The van der Waals surface area contributed by atoms with Gasteiger partial charge in [-0.2, -0.15) is 35.6 Å². The number of aliphatic hydroxyl groups is 1. The zero-order valence-electron chi connectivity index (χ0n) is 20.6. The highest BCUT2D eigenvalue weighted by Crippen LogP contribution is 2.44. The molecular formula is C22H21F6N5O5S2. The Kier molecular flexibility index (Phi) is 7.44. The Morgan fingerprint density at radius 3 is 2.35 bits per heavy atom. The standard InChI is InChI=1S/C22H21F6N5O5S2/c1-11-10-32(15-4-3-13(9-14(15)21(23,24)25)18-30-12(2)31-38-18)7-8-33(11)40(36,37)17-6-5-16(39-17)20(35,19(29)34)22(26,27)28/h3-6,9,11,35H,7-8,10H2,1-2H3,(H2,29,34)/t11-,20-/m1/s1. The molecule has 1 amide bonds. The second-order valence-corrected chi connectivity index (χ2v) is 12.2. The molecule has 4 rings (SSSR count). The number of primary amides is 1. The number of aryl methyl sites for hydroxylation is 1. The predicted molar refractivity (Wildman–Crippen MR) is 129 cm³/mol. The number of nitrogens with two attached hydrogens (primary N) is 1. The van der Waals surface area contributed by atoms with Crippen LogP contribution < -0.4 is 10.6 Å². The molecule has 1 fully saturated rings. The molecule has 2 atom stereocenters. The van der Waals surface area contributed by atoms with Crippen LogP contribution in [0.5, 0.6) is 0 Å². The second kappa shape index (κ2) is 10.0. The molecule has 1 aromatic carbocycles. The van der Waals surface area contributed by atoms with Crippen molar-refractivity contribution in [3.8, 4) is 11.5 Å². The summed E-state index contributed by atoms with van der Waals surface area (Å²) >= 11 is 0.0191. The van der Waals surface area contributed by atoms with Crippen LogP contribution in [-0.2, 0) is 26.6 Å². The first-order chi connectivity index (χ1) is 18.4. The first-order valence-corrected chi connectivity index (χ1v) is 13.6. The molecule has 10 nitrogen and oxygen atoms in total. The SMILES string of the molecule is Cc1noc(-c2ccc(N3CCN(S(=O)(=O)c4ccc([C@@](O)(C(N)=O)C(F)(F)F)s4)[C@H](C)C3)c(C(F)(F)F)c2)n1. The predicted octanol–water partition coefficient (Wildman–Crippen LogP) is 3.26. The fourth-order valence-electron chi connectivity index (χ4n) is 4.27. The van der Waals surface area contributed by atoms with Crippen LogP contribution in [0.3, 0.4) is 0 Å². The van der Waals surface area contributed by atoms with E-state index < -0.39 is 54.6 Å². The highest BCUT2D eigenvalue weighted by atomic mass is 32.2. The lowest BCUT2D eigenvalue weighted by atomic mass is 10.0.